The fourth-order valence-electron chi connectivity index (χ4n) is 2.31. The van der Waals surface area contributed by atoms with Crippen molar-refractivity contribution < 1.29 is 14.3 Å². The van der Waals surface area contributed by atoms with Gasteiger partial charge in [0.05, 0.1) is 5.56 Å². The molecule has 1 fully saturated rings. The highest BCUT2D eigenvalue weighted by molar-refractivity contribution is 5.97. The Balaban J connectivity index is 1.86. The van der Waals surface area contributed by atoms with E-state index in [2.05, 4.69) is 10.5 Å². The van der Waals surface area contributed by atoms with E-state index in [0.29, 0.717) is 18.0 Å². The summed E-state index contributed by atoms with van der Waals surface area (Å²) >= 11 is 0. The molecule has 1 aromatic carbocycles. The van der Waals surface area contributed by atoms with Crippen LogP contribution in [0.1, 0.15) is 24.0 Å². The molecule has 1 aromatic rings. The molecule has 1 aliphatic rings. The number of nitrogens with one attached hydrogen (secondary N) is 1. The third-order valence-corrected chi connectivity index (χ3v) is 3.53. The van der Waals surface area contributed by atoms with E-state index < -0.39 is 5.82 Å². The van der Waals surface area contributed by atoms with Crippen molar-refractivity contribution in [2.75, 3.05) is 19.8 Å². The second kappa shape index (κ2) is 7.21. The molecule has 1 atom stereocenters. The molecule has 2 rings (SSSR count). The normalized spacial score (nSPS) is 19.4. The molecule has 0 aliphatic carbocycles. The van der Waals surface area contributed by atoms with Crippen LogP contribution in [0, 0.1) is 11.7 Å². The number of hydrogen-bond acceptors (Lipinski definition) is 4. The lowest BCUT2D eigenvalue weighted by Gasteiger charge is -2.10. The molecular weight excluding hydrogens is 261 g/mol. The summed E-state index contributed by atoms with van der Waals surface area (Å²) in [7, 11) is 0. The average Bonchev–Trinajstić information content (AvgIpc) is 2.97. The molecule has 0 bridgehead atoms. The Bertz CT molecular complexity index is 473. The highest BCUT2D eigenvalue weighted by atomic mass is 19.1. The molecule has 4 N–H and O–H groups in total. The summed E-state index contributed by atoms with van der Waals surface area (Å²) in [6, 6.07) is 4.87. The van der Waals surface area contributed by atoms with E-state index in [1.54, 1.807) is 12.1 Å². The predicted molar refractivity (Wildman–Crippen MR) is 74.2 cm³/mol. The molecule has 6 heteroatoms. The number of hydrogen-bond donors (Lipinski definition) is 3. The molecule has 0 spiro atoms. The second-order valence-electron chi connectivity index (χ2n) is 4.96. The van der Waals surface area contributed by atoms with Crippen molar-refractivity contribution in [2.45, 2.75) is 19.4 Å². The van der Waals surface area contributed by atoms with E-state index >= 15 is 0 Å². The summed E-state index contributed by atoms with van der Waals surface area (Å²) in [5, 5.41) is 14.7. The summed E-state index contributed by atoms with van der Waals surface area (Å²) in [4.78, 5) is 0. The van der Waals surface area contributed by atoms with Gasteiger partial charge in [-0.15, -0.1) is 0 Å². The van der Waals surface area contributed by atoms with Crippen molar-refractivity contribution >= 4 is 5.84 Å². The Labute approximate surface area is 117 Å². The van der Waals surface area contributed by atoms with Gasteiger partial charge in [-0.05, 0) is 31.4 Å². The van der Waals surface area contributed by atoms with Crippen LogP contribution in [0.25, 0.3) is 0 Å². The van der Waals surface area contributed by atoms with E-state index in [-0.39, 0.29) is 11.4 Å². The van der Waals surface area contributed by atoms with Gasteiger partial charge in [0.2, 0.25) is 0 Å². The maximum Gasteiger partial charge on any atom is 0.173 e. The smallest absolute Gasteiger partial charge is 0.173 e. The summed E-state index contributed by atoms with van der Waals surface area (Å²) in [6.45, 7) is 2.92. The van der Waals surface area contributed by atoms with Crippen molar-refractivity contribution in [3.8, 4) is 0 Å². The lowest BCUT2D eigenvalue weighted by atomic mass is 10.1. The molecule has 1 unspecified atom stereocenters. The molecule has 5 nitrogen and oxygen atoms in total. The van der Waals surface area contributed by atoms with Gasteiger partial charge >= 0.3 is 0 Å². The van der Waals surface area contributed by atoms with Gasteiger partial charge < -0.3 is 21.0 Å². The predicted octanol–water partition coefficient (Wildman–Crippen LogP) is 1.44. The number of benzene rings is 1. The number of nitrogens with two attached hydrogens (primary N) is 1. The van der Waals surface area contributed by atoms with Crippen LogP contribution in [0.3, 0.4) is 0 Å². The molecule has 0 amide bonds. The van der Waals surface area contributed by atoms with Gasteiger partial charge in [0.15, 0.2) is 5.84 Å². The largest absolute Gasteiger partial charge is 0.409 e. The SMILES string of the molecule is N/C(=N/O)c1cccc(CNCCC2CCOC2)c1F. The topological polar surface area (TPSA) is 79.9 Å². The summed E-state index contributed by atoms with van der Waals surface area (Å²) < 4.78 is 19.4. The quantitative estimate of drug-likeness (QED) is 0.242. The number of amidine groups is 1. The minimum atomic E-state index is -0.445. The highest BCUT2D eigenvalue weighted by Gasteiger charge is 2.15. The number of oxime groups is 1. The minimum Gasteiger partial charge on any atom is -0.409 e. The van der Waals surface area contributed by atoms with Gasteiger partial charge in [-0.25, -0.2) is 4.39 Å². The third kappa shape index (κ3) is 3.68. The van der Waals surface area contributed by atoms with Crippen molar-refractivity contribution in [1.29, 1.82) is 0 Å². The molecule has 0 saturated carbocycles. The average molecular weight is 281 g/mol. The minimum absolute atomic E-state index is 0.121. The zero-order valence-electron chi connectivity index (χ0n) is 11.3. The molecule has 1 heterocycles. The van der Waals surface area contributed by atoms with E-state index in [4.69, 9.17) is 15.7 Å². The summed E-state index contributed by atoms with van der Waals surface area (Å²) in [5.74, 6) is -0.0530. The monoisotopic (exact) mass is 281 g/mol. The Morgan fingerprint density at radius 2 is 2.40 bits per heavy atom. The van der Waals surface area contributed by atoms with E-state index in [1.165, 1.54) is 6.07 Å². The number of ether oxygens (including phenoxy) is 1. The van der Waals surface area contributed by atoms with Gasteiger partial charge in [0.1, 0.15) is 5.82 Å². The van der Waals surface area contributed by atoms with Crippen molar-refractivity contribution in [1.82, 2.24) is 5.32 Å². The number of halogens is 1. The molecule has 0 radical (unpaired) electrons. The number of rotatable bonds is 6. The molecule has 0 aromatic heterocycles. The lowest BCUT2D eigenvalue weighted by molar-refractivity contribution is 0.184. The van der Waals surface area contributed by atoms with Crippen LogP contribution in [0.4, 0.5) is 4.39 Å². The van der Waals surface area contributed by atoms with E-state index in [1.807, 2.05) is 0 Å². The fourth-order valence-corrected chi connectivity index (χ4v) is 2.31. The first-order valence-corrected chi connectivity index (χ1v) is 6.76. The fraction of sp³-hybridized carbons (Fsp3) is 0.500. The van der Waals surface area contributed by atoms with Crippen LogP contribution in [0.15, 0.2) is 23.4 Å². The van der Waals surface area contributed by atoms with Gasteiger partial charge in [-0.3, -0.25) is 0 Å². The van der Waals surface area contributed by atoms with Crippen LogP contribution in [0.2, 0.25) is 0 Å². The van der Waals surface area contributed by atoms with E-state index in [9.17, 15) is 4.39 Å². The Hall–Kier alpha value is -1.66. The second-order valence-corrected chi connectivity index (χ2v) is 4.96. The lowest BCUT2D eigenvalue weighted by Crippen LogP contribution is -2.20. The van der Waals surface area contributed by atoms with E-state index in [0.717, 1.165) is 32.6 Å². The Kier molecular flexibility index (Phi) is 5.31. The van der Waals surface area contributed by atoms with Crippen LogP contribution < -0.4 is 11.1 Å². The van der Waals surface area contributed by atoms with Gasteiger partial charge in [0, 0.05) is 25.3 Å². The summed E-state index contributed by atoms with van der Waals surface area (Å²) in [5.41, 5.74) is 6.06. The Morgan fingerprint density at radius 3 is 3.10 bits per heavy atom. The van der Waals surface area contributed by atoms with Crippen molar-refractivity contribution in [3.63, 3.8) is 0 Å². The molecule has 110 valence electrons. The standard InChI is InChI=1S/C14H20FN3O2/c15-13-11(2-1-3-12(13)14(16)18-19)8-17-6-4-10-5-7-20-9-10/h1-3,10,17,19H,4-9H2,(H2,16,18). The van der Waals surface area contributed by atoms with Crippen molar-refractivity contribution in [3.05, 3.63) is 35.1 Å². The van der Waals surface area contributed by atoms with Gasteiger partial charge in [-0.1, -0.05) is 17.3 Å². The molecule has 1 saturated heterocycles. The Morgan fingerprint density at radius 1 is 1.55 bits per heavy atom. The van der Waals surface area contributed by atoms with Gasteiger partial charge in [0.25, 0.3) is 0 Å². The van der Waals surface area contributed by atoms with Crippen molar-refractivity contribution in [2.24, 2.45) is 16.8 Å². The first-order chi connectivity index (χ1) is 9.72. The van der Waals surface area contributed by atoms with Gasteiger partial charge in [-0.2, -0.15) is 0 Å². The maximum absolute atomic E-state index is 14.1. The van der Waals surface area contributed by atoms with Crippen LogP contribution in [-0.2, 0) is 11.3 Å². The number of nitrogens with zero attached hydrogens (tertiary/aromatic N) is 1. The summed E-state index contributed by atoms with van der Waals surface area (Å²) in [6.07, 6.45) is 2.14. The zero-order chi connectivity index (χ0) is 14.4. The highest BCUT2D eigenvalue weighted by Crippen LogP contribution is 2.16. The van der Waals surface area contributed by atoms with Crippen LogP contribution >= 0.6 is 0 Å². The molecule has 20 heavy (non-hydrogen) atoms. The third-order valence-electron chi connectivity index (χ3n) is 3.53. The molecule has 1 aliphatic heterocycles. The zero-order valence-corrected chi connectivity index (χ0v) is 11.3. The first kappa shape index (κ1) is 14.7. The van der Waals surface area contributed by atoms with Crippen LogP contribution in [0.5, 0.6) is 0 Å². The molecular formula is C14H20FN3O2. The first-order valence-electron chi connectivity index (χ1n) is 6.76. The maximum atomic E-state index is 14.1. The van der Waals surface area contributed by atoms with Crippen LogP contribution in [-0.4, -0.2) is 30.8 Å².